The van der Waals surface area contributed by atoms with Gasteiger partial charge in [-0.3, -0.25) is 4.79 Å². The minimum atomic E-state index is -3.66. The highest BCUT2D eigenvalue weighted by molar-refractivity contribution is 7.88. The molecule has 1 aliphatic rings. The molecule has 4 rings (SSSR count). The lowest BCUT2D eigenvalue weighted by atomic mass is 10.3. The molecule has 3 aromatic rings. The van der Waals surface area contributed by atoms with Gasteiger partial charge in [-0.2, -0.15) is 29.8 Å². The van der Waals surface area contributed by atoms with Gasteiger partial charge in [-0.05, 0) is 30.2 Å². The molecule has 0 amide bonds. The molecular weight excluding hydrogens is 566 g/mol. The van der Waals surface area contributed by atoms with Crippen molar-refractivity contribution in [3.8, 4) is 29.8 Å². The van der Waals surface area contributed by atoms with Gasteiger partial charge < -0.3 is 15.0 Å². The molecule has 41 heavy (non-hydrogen) atoms. The van der Waals surface area contributed by atoms with Crippen LogP contribution in [-0.2, 0) is 15.8 Å². The van der Waals surface area contributed by atoms with Crippen molar-refractivity contribution in [2.45, 2.75) is 18.6 Å². The van der Waals surface area contributed by atoms with Crippen LogP contribution in [0.4, 0.5) is 5.69 Å². The van der Waals surface area contributed by atoms with E-state index in [1.54, 1.807) is 48.3 Å². The van der Waals surface area contributed by atoms with Crippen LogP contribution in [0.1, 0.15) is 18.4 Å². The number of ether oxygens (including phenoxy) is 1. The first-order chi connectivity index (χ1) is 19.8. The summed E-state index contributed by atoms with van der Waals surface area (Å²) in [7, 11) is -3.66. The second-order valence-corrected chi connectivity index (χ2v) is 11.4. The number of pyridine rings is 1. The molecule has 0 radical (unpaired) electrons. The third-order valence-corrected chi connectivity index (χ3v) is 8.45. The second-order valence-electron chi connectivity index (χ2n) is 9.04. The minimum absolute atomic E-state index is 0.108. The lowest BCUT2D eigenvalue weighted by Crippen LogP contribution is -2.49. The number of hydrogen-bond acceptors (Lipinski definition) is 7. The lowest BCUT2D eigenvalue weighted by Gasteiger charge is -2.35. The molecule has 1 saturated heterocycles. The highest BCUT2D eigenvalue weighted by Gasteiger charge is 2.30. The summed E-state index contributed by atoms with van der Waals surface area (Å²) in [6, 6.07) is 11.7. The summed E-state index contributed by atoms with van der Waals surface area (Å²) in [5, 5.41) is 22.8. The molecule has 1 fully saturated rings. The molecule has 2 aromatic heterocycles. The van der Waals surface area contributed by atoms with E-state index < -0.39 is 15.6 Å². The van der Waals surface area contributed by atoms with E-state index >= 15 is 0 Å². The number of hydrogen-bond donors (Lipinski definition) is 0. The fraction of sp³-hybridized carbons (Fsp3) is 0.286. The molecule has 0 atom stereocenters. The molecule has 0 N–H and O–H groups in total. The average Bonchev–Trinajstić information content (AvgIpc) is 2.97. The van der Waals surface area contributed by atoms with Crippen LogP contribution >= 0.6 is 11.6 Å². The Morgan fingerprint density at radius 1 is 1.20 bits per heavy atom. The van der Waals surface area contributed by atoms with Crippen molar-refractivity contribution in [2.75, 3.05) is 37.7 Å². The van der Waals surface area contributed by atoms with Crippen LogP contribution in [0.15, 0.2) is 59.8 Å². The van der Waals surface area contributed by atoms with E-state index in [1.165, 1.54) is 32.1 Å². The van der Waals surface area contributed by atoms with Gasteiger partial charge in [0.1, 0.15) is 5.69 Å². The van der Waals surface area contributed by atoms with E-state index in [0.717, 1.165) is 0 Å². The van der Waals surface area contributed by atoms with E-state index in [1.807, 2.05) is 4.90 Å². The Balaban J connectivity index is 1.51. The van der Waals surface area contributed by atoms with Crippen LogP contribution in [0.3, 0.4) is 0 Å². The Morgan fingerprint density at radius 2 is 1.93 bits per heavy atom. The van der Waals surface area contributed by atoms with E-state index in [4.69, 9.17) is 33.4 Å². The summed E-state index contributed by atoms with van der Waals surface area (Å²) in [4.78, 5) is 15.3. The molecule has 0 aliphatic carbocycles. The van der Waals surface area contributed by atoms with Crippen LogP contribution in [0, 0.1) is 23.7 Å². The van der Waals surface area contributed by atoms with E-state index in [2.05, 4.69) is 11.0 Å². The molecular formula is C28H26ClN7O4S. The van der Waals surface area contributed by atoms with Crippen molar-refractivity contribution in [3.05, 3.63) is 81.3 Å². The number of aromatic nitrogens is 3. The largest absolute Gasteiger partial charge is 0.757 e. The number of terminal acetylenes is 1. The van der Waals surface area contributed by atoms with Crippen molar-refractivity contribution in [3.63, 3.8) is 0 Å². The van der Waals surface area contributed by atoms with Gasteiger partial charge in [0.05, 0.1) is 24.2 Å². The summed E-state index contributed by atoms with van der Waals surface area (Å²) < 4.78 is 36.2. The van der Waals surface area contributed by atoms with Crippen LogP contribution in [-0.4, -0.2) is 61.2 Å². The van der Waals surface area contributed by atoms with E-state index in [0.29, 0.717) is 47.9 Å². The molecule has 0 spiro atoms. The summed E-state index contributed by atoms with van der Waals surface area (Å²) in [6.07, 6.45) is 10.9. The lowest BCUT2D eigenvalue weighted by molar-refractivity contribution is -0.576. The normalized spacial score (nSPS) is 13.6. The zero-order valence-electron chi connectivity index (χ0n) is 22.0. The maximum absolute atomic E-state index is 13.5. The summed E-state index contributed by atoms with van der Waals surface area (Å²) >= 11 is 6.11. The van der Waals surface area contributed by atoms with Crippen molar-refractivity contribution >= 4 is 38.9 Å². The summed E-state index contributed by atoms with van der Waals surface area (Å²) in [5.74, 6) is 4.21. The number of benzene rings is 1. The molecule has 1 aliphatic heterocycles. The van der Waals surface area contributed by atoms with Gasteiger partial charge in [-0.1, -0.05) is 17.7 Å². The van der Waals surface area contributed by atoms with Gasteiger partial charge in [-0.15, -0.1) is 12.3 Å². The fourth-order valence-corrected chi connectivity index (χ4v) is 5.98. The van der Waals surface area contributed by atoms with Gasteiger partial charge in [0.15, 0.2) is 18.5 Å². The Hall–Kier alpha value is -4.45. The van der Waals surface area contributed by atoms with Gasteiger partial charge in [0.25, 0.3) is 0 Å². The van der Waals surface area contributed by atoms with Crippen LogP contribution in [0.2, 0.25) is 5.02 Å². The quantitative estimate of drug-likeness (QED) is 0.116. The number of nitrogens with zero attached hydrogens (tertiary/aromatic N) is 7. The van der Waals surface area contributed by atoms with Crippen molar-refractivity contribution in [1.29, 1.82) is 5.26 Å². The number of sulfonamides is 1. The number of halogens is 1. The maximum atomic E-state index is 13.5. The summed E-state index contributed by atoms with van der Waals surface area (Å²) in [6.45, 7) is 1.27. The van der Waals surface area contributed by atoms with Crippen LogP contribution in [0.25, 0.3) is 16.8 Å². The molecule has 0 saturated carbocycles. The smallest absolute Gasteiger partial charge is 0.316 e. The maximum Gasteiger partial charge on any atom is 0.316 e. The van der Waals surface area contributed by atoms with E-state index in [9.17, 15) is 13.2 Å². The van der Waals surface area contributed by atoms with Gasteiger partial charge in [0, 0.05) is 49.8 Å². The van der Waals surface area contributed by atoms with Crippen LogP contribution < -0.4 is 19.8 Å². The second kappa shape index (κ2) is 13.3. The fourth-order valence-electron chi connectivity index (χ4n) is 4.28. The van der Waals surface area contributed by atoms with Crippen LogP contribution in [0.5, 0.6) is 5.75 Å². The van der Waals surface area contributed by atoms with Gasteiger partial charge in [-0.25, -0.2) is 8.42 Å². The number of unbranched alkanes of at least 4 members (excludes halogenated alkanes) is 1. The number of piperazine rings is 1. The highest BCUT2D eigenvalue weighted by atomic mass is 35.5. The summed E-state index contributed by atoms with van der Waals surface area (Å²) in [5.41, 5.74) is 0.898. The zero-order valence-corrected chi connectivity index (χ0v) is 23.6. The van der Waals surface area contributed by atoms with Gasteiger partial charge in [0.2, 0.25) is 15.8 Å². The SMILES string of the molecule is C#CCCCOc1c(N2CCN(S(=O)(=O)Cc3cc[n+](C(=C=[N-])C#N)cc3)CC2)cnn(-c2cccc(Cl)c2)c1=O. The highest BCUT2D eigenvalue weighted by Crippen LogP contribution is 2.27. The number of anilines is 1. The minimum Gasteiger partial charge on any atom is -0.757 e. The van der Waals surface area contributed by atoms with E-state index in [-0.39, 0.29) is 36.9 Å². The monoisotopic (exact) mass is 591 g/mol. The topological polar surface area (TPSA) is 135 Å². The molecule has 11 nitrogen and oxygen atoms in total. The van der Waals surface area contributed by atoms with Gasteiger partial charge >= 0.3 is 11.3 Å². The first kappa shape index (κ1) is 29.5. The Labute approximate surface area is 243 Å². The molecule has 0 bridgehead atoms. The first-order valence-corrected chi connectivity index (χ1v) is 14.6. The third-order valence-electron chi connectivity index (χ3n) is 6.37. The van der Waals surface area contributed by atoms with Crippen molar-refractivity contribution in [1.82, 2.24) is 14.1 Å². The zero-order chi connectivity index (χ0) is 29.4. The Morgan fingerprint density at radius 3 is 2.56 bits per heavy atom. The molecule has 210 valence electrons. The predicted molar refractivity (Wildman–Crippen MR) is 155 cm³/mol. The number of rotatable bonds is 10. The van der Waals surface area contributed by atoms with Crippen molar-refractivity contribution in [2.24, 2.45) is 0 Å². The first-order valence-electron chi connectivity index (χ1n) is 12.6. The third kappa shape index (κ3) is 7.01. The predicted octanol–water partition coefficient (Wildman–Crippen LogP) is 2.22. The number of nitriles is 1. The number of allylic oxidation sites excluding steroid dienone is 1. The molecule has 0 unspecified atom stereocenters. The Bertz CT molecular complexity index is 1710. The average molecular weight is 592 g/mol. The standard InChI is InChI=1S/C28H26ClN7O4S/c1-2-3-4-16-40-27-26(20-32-36(28(27)37)24-7-5-6-23(29)17-24)34-12-14-35(15-13-34)41(38,39)21-22-8-10-33(11-9-22)25(18-30)19-31/h1,5-11,17,20H,3-4,12-16,21H2. The Kier molecular flexibility index (Phi) is 9.56. The molecule has 1 aromatic carbocycles. The molecule has 3 heterocycles. The molecule has 13 heteroatoms. The van der Waals surface area contributed by atoms with Crippen molar-refractivity contribution < 1.29 is 17.7 Å².